The SMILES string of the molecule is CC#CC(CC(=O)O)c1ccc(OCc2ccc3nc(-c4ccc(C(F)(F)F)cc4)cn3c2)cc1. The second kappa shape index (κ2) is 9.94. The highest BCUT2D eigenvalue weighted by molar-refractivity contribution is 5.69. The Morgan fingerprint density at radius 2 is 1.77 bits per heavy atom. The third-order valence-corrected chi connectivity index (χ3v) is 5.41. The Kier molecular flexibility index (Phi) is 6.78. The van der Waals surface area contributed by atoms with Gasteiger partial charge in [0.2, 0.25) is 0 Å². The molecule has 0 saturated carbocycles. The number of aliphatic carboxylic acids is 1. The van der Waals surface area contributed by atoms with Crippen molar-refractivity contribution in [2.75, 3.05) is 0 Å². The first kappa shape index (κ1) is 23.9. The van der Waals surface area contributed by atoms with Gasteiger partial charge in [0.05, 0.1) is 23.6 Å². The number of benzene rings is 2. The number of hydrogen-bond donors (Lipinski definition) is 1. The molecule has 0 spiro atoms. The number of nitrogens with zero attached hydrogens (tertiary/aromatic N) is 2. The van der Waals surface area contributed by atoms with Crippen molar-refractivity contribution >= 4 is 11.6 Å². The molecule has 1 unspecified atom stereocenters. The van der Waals surface area contributed by atoms with Crippen LogP contribution in [0.15, 0.2) is 73.1 Å². The van der Waals surface area contributed by atoms with Gasteiger partial charge in [-0.3, -0.25) is 4.79 Å². The summed E-state index contributed by atoms with van der Waals surface area (Å²) in [7, 11) is 0. The first-order chi connectivity index (χ1) is 16.7. The van der Waals surface area contributed by atoms with Crippen LogP contribution < -0.4 is 4.74 Å². The quantitative estimate of drug-likeness (QED) is 0.322. The number of rotatable bonds is 7. The van der Waals surface area contributed by atoms with E-state index in [1.54, 1.807) is 29.7 Å². The number of carboxylic acid groups (broad SMARTS) is 1. The number of hydrogen-bond acceptors (Lipinski definition) is 3. The van der Waals surface area contributed by atoms with E-state index in [0.29, 0.717) is 22.7 Å². The van der Waals surface area contributed by atoms with Crippen LogP contribution in [0.2, 0.25) is 0 Å². The van der Waals surface area contributed by atoms with Crippen LogP contribution in [0.3, 0.4) is 0 Å². The highest BCUT2D eigenvalue weighted by Crippen LogP contribution is 2.31. The van der Waals surface area contributed by atoms with Crippen molar-refractivity contribution in [3.63, 3.8) is 0 Å². The van der Waals surface area contributed by atoms with E-state index in [1.807, 2.05) is 30.5 Å². The molecule has 4 aromatic rings. The van der Waals surface area contributed by atoms with Crippen LogP contribution in [0, 0.1) is 11.8 Å². The molecule has 0 bridgehead atoms. The Bertz CT molecular complexity index is 1400. The predicted octanol–water partition coefficient (Wildman–Crippen LogP) is 6.18. The lowest BCUT2D eigenvalue weighted by Gasteiger charge is -2.11. The molecule has 8 heteroatoms. The fourth-order valence-electron chi connectivity index (χ4n) is 3.66. The van der Waals surface area contributed by atoms with Crippen molar-refractivity contribution < 1.29 is 27.8 Å². The zero-order chi connectivity index (χ0) is 25.0. The van der Waals surface area contributed by atoms with Crippen LogP contribution in [-0.4, -0.2) is 20.5 Å². The summed E-state index contributed by atoms with van der Waals surface area (Å²) in [5.74, 6) is 5.03. The summed E-state index contributed by atoms with van der Waals surface area (Å²) in [6, 6.07) is 15.8. The summed E-state index contributed by atoms with van der Waals surface area (Å²) in [4.78, 5) is 15.6. The summed E-state index contributed by atoms with van der Waals surface area (Å²) < 4.78 is 46.1. The second-order valence-electron chi connectivity index (χ2n) is 7.91. The Labute approximate surface area is 199 Å². The number of ether oxygens (including phenoxy) is 1. The number of aromatic nitrogens is 2. The molecule has 5 nitrogen and oxygen atoms in total. The zero-order valence-electron chi connectivity index (χ0n) is 18.7. The number of imidazole rings is 1. The maximum atomic E-state index is 12.8. The smallest absolute Gasteiger partial charge is 0.416 e. The number of carbonyl (C=O) groups is 1. The van der Waals surface area contributed by atoms with Gasteiger partial charge < -0.3 is 14.2 Å². The van der Waals surface area contributed by atoms with E-state index in [-0.39, 0.29) is 18.9 Å². The molecule has 1 atom stereocenters. The average Bonchev–Trinajstić information content (AvgIpc) is 3.26. The van der Waals surface area contributed by atoms with Gasteiger partial charge in [0, 0.05) is 23.5 Å². The maximum absolute atomic E-state index is 12.8. The molecule has 0 amide bonds. The highest BCUT2D eigenvalue weighted by Gasteiger charge is 2.30. The molecule has 0 fully saturated rings. The van der Waals surface area contributed by atoms with Gasteiger partial charge in [0.1, 0.15) is 18.0 Å². The lowest BCUT2D eigenvalue weighted by molar-refractivity contribution is -0.138. The largest absolute Gasteiger partial charge is 0.489 e. The molecule has 2 aromatic carbocycles. The second-order valence-corrected chi connectivity index (χ2v) is 7.91. The molecule has 0 aliphatic heterocycles. The topological polar surface area (TPSA) is 63.8 Å². The molecule has 178 valence electrons. The minimum absolute atomic E-state index is 0.0690. The lowest BCUT2D eigenvalue weighted by atomic mass is 9.96. The van der Waals surface area contributed by atoms with E-state index in [2.05, 4.69) is 16.8 Å². The average molecular weight is 478 g/mol. The highest BCUT2D eigenvalue weighted by atomic mass is 19.4. The third kappa shape index (κ3) is 5.82. The van der Waals surface area contributed by atoms with E-state index in [4.69, 9.17) is 9.84 Å². The van der Waals surface area contributed by atoms with E-state index in [9.17, 15) is 18.0 Å². The number of alkyl halides is 3. The van der Waals surface area contributed by atoms with Crippen LogP contribution in [0.1, 0.15) is 36.0 Å². The maximum Gasteiger partial charge on any atom is 0.416 e. The fraction of sp³-hybridized carbons (Fsp3) is 0.185. The van der Waals surface area contributed by atoms with Crippen molar-refractivity contribution in [1.82, 2.24) is 9.38 Å². The molecule has 4 rings (SSSR count). The summed E-state index contributed by atoms with van der Waals surface area (Å²) in [5, 5.41) is 9.08. The lowest BCUT2D eigenvalue weighted by Crippen LogP contribution is -2.04. The van der Waals surface area contributed by atoms with Gasteiger partial charge in [-0.05, 0) is 42.8 Å². The molecule has 1 N–H and O–H groups in total. The van der Waals surface area contributed by atoms with Gasteiger partial charge in [-0.2, -0.15) is 13.2 Å². The van der Waals surface area contributed by atoms with Crippen LogP contribution in [0.5, 0.6) is 5.75 Å². The molecule has 35 heavy (non-hydrogen) atoms. The molecule has 0 saturated heterocycles. The number of carboxylic acids is 1. The van der Waals surface area contributed by atoms with Crippen molar-refractivity contribution in [3.8, 4) is 28.8 Å². The molecule has 2 heterocycles. The zero-order valence-corrected chi connectivity index (χ0v) is 18.7. The van der Waals surface area contributed by atoms with Gasteiger partial charge in [-0.25, -0.2) is 4.98 Å². The van der Waals surface area contributed by atoms with E-state index in [0.717, 1.165) is 23.3 Å². The Balaban J connectivity index is 1.45. The minimum Gasteiger partial charge on any atom is -0.489 e. The van der Waals surface area contributed by atoms with Crippen LogP contribution in [-0.2, 0) is 17.6 Å². The van der Waals surface area contributed by atoms with E-state index >= 15 is 0 Å². The Hall–Kier alpha value is -4.25. The van der Waals surface area contributed by atoms with Crippen molar-refractivity contribution in [2.24, 2.45) is 0 Å². The molecule has 0 aliphatic carbocycles. The van der Waals surface area contributed by atoms with E-state index in [1.165, 1.54) is 12.1 Å². The summed E-state index contributed by atoms with van der Waals surface area (Å²) in [6.45, 7) is 1.96. The van der Waals surface area contributed by atoms with Crippen molar-refractivity contribution in [1.29, 1.82) is 0 Å². The monoisotopic (exact) mass is 478 g/mol. The standard InChI is InChI=1S/C27H21F3N2O3/c1-2-3-21(14-26(33)34)19-7-11-23(12-8-19)35-17-18-4-13-25-31-24(16-32(25)15-18)20-5-9-22(10-6-20)27(28,29)30/h4-13,15-16,21H,14,17H2,1H3,(H,33,34). The predicted molar refractivity (Wildman–Crippen MR) is 125 cm³/mol. The molecule has 2 aromatic heterocycles. The van der Waals surface area contributed by atoms with Crippen LogP contribution in [0.25, 0.3) is 16.9 Å². The van der Waals surface area contributed by atoms with Crippen LogP contribution >= 0.6 is 0 Å². The Morgan fingerprint density at radius 3 is 2.40 bits per heavy atom. The van der Waals surface area contributed by atoms with Gasteiger partial charge in [0.25, 0.3) is 0 Å². The third-order valence-electron chi connectivity index (χ3n) is 5.41. The Morgan fingerprint density at radius 1 is 1.06 bits per heavy atom. The van der Waals surface area contributed by atoms with Gasteiger partial charge >= 0.3 is 12.1 Å². The molecular formula is C27H21F3N2O3. The molecule has 0 radical (unpaired) electrons. The number of halogens is 3. The summed E-state index contributed by atoms with van der Waals surface area (Å²) >= 11 is 0. The van der Waals surface area contributed by atoms with Gasteiger partial charge in [0.15, 0.2) is 0 Å². The molecule has 0 aliphatic rings. The molecular weight excluding hydrogens is 457 g/mol. The minimum atomic E-state index is -4.38. The first-order valence-electron chi connectivity index (χ1n) is 10.7. The van der Waals surface area contributed by atoms with Gasteiger partial charge in [-0.15, -0.1) is 5.92 Å². The van der Waals surface area contributed by atoms with Crippen molar-refractivity contribution in [3.05, 3.63) is 89.7 Å². The number of pyridine rings is 1. The summed E-state index contributed by atoms with van der Waals surface area (Å²) in [6.07, 6.45) is -0.839. The first-order valence-corrected chi connectivity index (χ1v) is 10.7. The summed E-state index contributed by atoms with van der Waals surface area (Å²) in [5.41, 5.74) is 2.80. The van der Waals surface area contributed by atoms with Gasteiger partial charge in [-0.1, -0.05) is 36.3 Å². The normalized spacial score (nSPS) is 12.1. The number of fused-ring (bicyclic) bond motifs is 1. The van der Waals surface area contributed by atoms with Crippen LogP contribution in [0.4, 0.5) is 13.2 Å². The fourth-order valence-corrected chi connectivity index (χ4v) is 3.66. The van der Waals surface area contributed by atoms with E-state index < -0.39 is 17.7 Å². The van der Waals surface area contributed by atoms with Crippen molar-refractivity contribution in [2.45, 2.75) is 32.0 Å².